The molecule has 4 heteroatoms. The van der Waals surface area contributed by atoms with Crippen LogP contribution in [-0.4, -0.2) is 23.3 Å². The second-order valence-corrected chi connectivity index (χ2v) is 5.30. The fourth-order valence-electron chi connectivity index (χ4n) is 2.40. The van der Waals surface area contributed by atoms with Crippen LogP contribution < -0.4 is 0 Å². The first kappa shape index (κ1) is 15.0. The van der Waals surface area contributed by atoms with Crippen LogP contribution in [0.5, 0.6) is 5.75 Å². The van der Waals surface area contributed by atoms with Gasteiger partial charge >= 0.3 is 5.97 Å². The third kappa shape index (κ3) is 3.86. The van der Waals surface area contributed by atoms with Crippen LogP contribution in [0.3, 0.4) is 0 Å². The van der Waals surface area contributed by atoms with Crippen molar-refractivity contribution in [1.29, 1.82) is 0 Å². The van der Waals surface area contributed by atoms with Gasteiger partial charge in [-0.15, -0.1) is 0 Å². The molecular formula is C19H17NO3. The maximum absolute atomic E-state index is 12.2. The maximum atomic E-state index is 12.2. The third-order valence-electron chi connectivity index (χ3n) is 3.63. The number of dihydropyridines is 1. The number of carbonyl (C=O) groups excluding carboxylic acids is 1. The van der Waals surface area contributed by atoms with Gasteiger partial charge < -0.3 is 9.84 Å². The number of rotatable bonds is 4. The van der Waals surface area contributed by atoms with E-state index in [1.165, 1.54) is 0 Å². The predicted octanol–water partition coefficient (Wildman–Crippen LogP) is 3.36. The molecule has 0 saturated heterocycles. The van der Waals surface area contributed by atoms with E-state index in [0.29, 0.717) is 12.3 Å². The largest absolute Gasteiger partial charge is 0.508 e. The van der Waals surface area contributed by atoms with Crippen LogP contribution in [0.25, 0.3) is 5.57 Å². The van der Waals surface area contributed by atoms with Crippen LogP contribution in [0.1, 0.15) is 17.5 Å². The van der Waals surface area contributed by atoms with E-state index in [1.807, 2.05) is 42.5 Å². The number of ether oxygens (including phenoxy) is 1. The lowest BCUT2D eigenvalue weighted by atomic mass is 9.99. The SMILES string of the molecule is O=C(OCc1ccccc1)C1=NCCC(c2ccc(O)cc2)=C1. The van der Waals surface area contributed by atoms with Crippen molar-refractivity contribution in [2.75, 3.05) is 6.54 Å². The Bertz CT molecular complexity index is 746. The van der Waals surface area contributed by atoms with Crippen molar-refractivity contribution >= 4 is 17.3 Å². The Kier molecular flexibility index (Phi) is 4.52. The average molecular weight is 307 g/mol. The van der Waals surface area contributed by atoms with Gasteiger partial charge in [0.1, 0.15) is 18.1 Å². The number of aliphatic imine (C=N–C) groups is 1. The Balaban J connectivity index is 1.68. The van der Waals surface area contributed by atoms with Gasteiger partial charge in [-0.25, -0.2) is 4.79 Å². The fourth-order valence-corrected chi connectivity index (χ4v) is 2.40. The van der Waals surface area contributed by atoms with Crippen molar-refractivity contribution in [3.05, 3.63) is 71.8 Å². The minimum Gasteiger partial charge on any atom is -0.508 e. The molecule has 0 amide bonds. The van der Waals surface area contributed by atoms with Crippen LogP contribution in [0.2, 0.25) is 0 Å². The number of esters is 1. The molecular weight excluding hydrogens is 290 g/mol. The van der Waals surface area contributed by atoms with Crippen molar-refractivity contribution in [1.82, 2.24) is 0 Å². The number of carbonyl (C=O) groups is 1. The van der Waals surface area contributed by atoms with Gasteiger partial charge in [0.2, 0.25) is 0 Å². The van der Waals surface area contributed by atoms with Crippen molar-refractivity contribution in [3.8, 4) is 5.75 Å². The number of nitrogens with zero attached hydrogens (tertiary/aromatic N) is 1. The van der Waals surface area contributed by atoms with E-state index in [4.69, 9.17) is 4.74 Å². The van der Waals surface area contributed by atoms with E-state index in [-0.39, 0.29) is 12.4 Å². The second-order valence-electron chi connectivity index (χ2n) is 5.30. The average Bonchev–Trinajstić information content (AvgIpc) is 2.61. The molecule has 23 heavy (non-hydrogen) atoms. The molecule has 1 aliphatic rings. The Morgan fingerprint density at radius 3 is 2.57 bits per heavy atom. The highest BCUT2D eigenvalue weighted by Crippen LogP contribution is 2.23. The summed E-state index contributed by atoms with van der Waals surface area (Å²) in [5.74, 6) is -0.189. The van der Waals surface area contributed by atoms with E-state index in [9.17, 15) is 9.90 Å². The molecule has 0 unspecified atom stereocenters. The quantitative estimate of drug-likeness (QED) is 0.881. The first-order chi connectivity index (χ1) is 11.2. The third-order valence-corrected chi connectivity index (χ3v) is 3.63. The number of hydrogen-bond acceptors (Lipinski definition) is 4. The molecule has 116 valence electrons. The highest BCUT2D eigenvalue weighted by molar-refractivity contribution is 6.42. The van der Waals surface area contributed by atoms with Gasteiger partial charge in [0, 0.05) is 6.54 Å². The first-order valence-electron chi connectivity index (χ1n) is 7.48. The molecule has 2 aromatic carbocycles. The normalized spacial score (nSPS) is 13.9. The van der Waals surface area contributed by atoms with E-state index in [0.717, 1.165) is 23.1 Å². The molecule has 0 bridgehead atoms. The van der Waals surface area contributed by atoms with Crippen LogP contribution >= 0.6 is 0 Å². The van der Waals surface area contributed by atoms with Crippen LogP contribution in [0, 0.1) is 0 Å². The maximum Gasteiger partial charge on any atom is 0.356 e. The molecule has 0 spiro atoms. The molecule has 2 aromatic rings. The lowest BCUT2D eigenvalue weighted by Gasteiger charge is -2.13. The summed E-state index contributed by atoms with van der Waals surface area (Å²) in [6, 6.07) is 16.5. The van der Waals surface area contributed by atoms with Gasteiger partial charge in [-0.05, 0) is 41.3 Å². The summed E-state index contributed by atoms with van der Waals surface area (Å²) in [6.07, 6.45) is 2.53. The molecule has 3 rings (SSSR count). The molecule has 0 radical (unpaired) electrons. The smallest absolute Gasteiger partial charge is 0.356 e. The fraction of sp³-hybridized carbons (Fsp3) is 0.158. The van der Waals surface area contributed by atoms with Gasteiger partial charge in [0.15, 0.2) is 0 Å². The van der Waals surface area contributed by atoms with Gasteiger partial charge in [-0.1, -0.05) is 42.5 Å². The van der Waals surface area contributed by atoms with E-state index < -0.39 is 5.97 Å². The number of benzene rings is 2. The number of phenolic OH excluding ortho intramolecular Hbond substituents is 1. The van der Waals surface area contributed by atoms with Gasteiger partial charge in [-0.3, -0.25) is 4.99 Å². The lowest BCUT2D eigenvalue weighted by Crippen LogP contribution is -2.18. The molecule has 0 fully saturated rings. The molecule has 0 aliphatic carbocycles. The summed E-state index contributed by atoms with van der Waals surface area (Å²) in [4.78, 5) is 16.4. The Morgan fingerprint density at radius 1 is 1.09 bits per heavy atom. The van der Waals surface area contributed by atoms with Crippen LogP contribution in [-0.2, 0) is 16.1 Å². The van der Waals surface area contributed by atoms with Gasteiger partial charge in [-0.2, -0.15) is 0 Å². The lowest BCUT2D eigenvalue weighted by molar-refractivity contribution is -0.136. The predicted molar refractivity (Wildman–Crippen MR) is 89.2 cm³/mol. The van der Waals surface area contributed by atoms with E-state index in [2.05, 4.69) is 4.99 Å². The van der Waals surface area contributed by atoms with Crippen molar-refractivity contribution in [3.63, 3.8) is 0 Å². The second kappa shape index (κ2) is 6.92. The zero-order valence-electron chi connectivity index (χ0n) is 12.6. The van der Waals surface area contributed by atoms with Crippen LogP contribution in [0.15, 0.2) is 65.7 Å². The monoisotopic (exact) mass is 307 g/mol. The molecule has 1 N–H and O–H groups in total. The van der Waals surface area contributed by atoms with Gasteiger partial charge in [0.05, 0.1) is 0 Å². The summed E-state index contributed by atoms with van der Waals surface area (Å²) in [6.45, 7) is 0.795. The van der Waals surface area contributed by atoms with Crippen LogP contribution in [0.4, 0.5) is 0 Å². The summed E-state index contributed by atoms with van der Waals surface area (Å²) in [5.41, 5.74) is 3.29. The Hall–Kier alpha value is -2.88. The minimum atomic E-state index is -0.412. The van der Waals surface area contributed by atoms with E-state index in [1.54, 1.807) is 18.2 Å². The highest BCUT2D eigenvalue weighted by Gasteiger charge is 2.16. The number of aromatic hydroxyl groups is 1. The Morgan fingerprint density at radius 2 is 1.83 bits per heavy atom. The van der Waals surface area contributed by atoms with Gasteiger partial charge in [0.25, 0.3) is 0 Å². The number of hydrogen-bond donors (Lipinski definition) is 1. The summed E-state index contributed by atoms with van der Waals surface area (Å²) >= 11 is 0. The molecule has 0 aromatic heterocycles. The molecule has 1 aliphatic heterocycles. The zero-order chi connectivity index (χ0) is 16.1. The highest BCUT2D eigenvalue weighted by atomic mass is 16.5. The van der Waals surface area contributed by atoms with Crippen molar-refractivity contribution in [2.24, 2.45) is 4.99 Å². The summed E-state index contributed by atoms with van der Waals surface area (Å²) in [7, 11) is 0. The minimum absolute atomic E-state index is 0.223. The Labute approximate surface area is 134 Å². The zero-order valence-corrected chi connectivity index (χ0v) is 12.6. The topological polar surface area (TPSA) is 58.9 Å². The van der Waals surface area contributed by atoms with Crippen molar-refractivity contribution < 1.29 is 14.6 Å². The summed E-state index contributed by atoms with van der Waals surface area (Å²) in [5, 5.41) is 9.36. The first-order valence-corrected chi connectivity index (χ1v) is 7.48. The molecule has 0 saturated carbocycles. The standard InChI is InChI=1S/C19H17NO3/c21-17-8-6-15(7-9-17)16-10-11-20-18(12-16)19(22)23-13-14-4-2-1-3-5-14/h1-9,12,21H,10-11,13H2. The van der Waals surface area contributed by atoms with E-state index >= 15 is 0 Å². The molecule has 1 heterocycles. The molecule has 4 nitrogen and oxygen atoms in total. The molecule has 0 atom stereocenters. The summed E-state index contributed by atoms with van der Waals surface area (Å²) < 4.78 is 5.32. The van der Waals surface area contributed by atoms with Crippen molar-refractivity contribution in [2.45, 2.75) is 13.0 Å². The number of phenols is 1.